The second-order valence-corrected chi connectivity index (χ2v) is 6.98. The van der Waals surface area contributed by atoms with Crippen molar-refractivity contribution in [3.63, 3.8) is 0 Å². The fraction of sp³-hybridized carbons (Fsp3) is 0.227. The highest BCUT2D eigenvalue weighted by Gasteiger charge is 2.21. The van der Waals surface area contributed by atoms with Gasteiger partial charge in [-0.1, -0.05) is 60.7 Å². The van der Waals surface area contributed by atoms with Crippen LogP contribution in [0.4, 0.5) is 4.79 Å². The van der Waals surface area contributed by atoms with Gasteiger partial charge in [0.25, 0.3) is 0 Å². The fourth-order valence-corrected chi connectivity index (χ4v) is 2.18. The standard InChI is InChI=1S/C22H23NO5/c1-22(2,3)28-21(26)23-18(14-19(24)17-12-8-5-9-13-17)20(25)27-15-16-10-6-4-7-11-16/h4-14H,15H2,1-3H3,(H,23,26)/b18-14-. The molecule has 0 saturated heterocycles. The largest absolute Gasteiger partial charge is 0.456 e. The molecule has 6 nitrogen and oxygen atoms in total. The van der Waals surface area contributed by atoms with Crippen molar-refractivity contribution >= 4 is 17.8 Å². The summed E-state index contributed by atoms with van der Waals surface area (Å²) in [5.41, 5.74) is 0.106. The van der Waals surface area contributed by atoms with Crippen molar-refractivity contribution in [1.29, 1.82) is 0 Å². The van der Waals surface area contributed by atoms with E-state index in [4.69, 9.17) is 9.47 Å². The van der Waals surface area contributed by atoms with Crippen LogP contribution >= 0.6 is 0 Å². The van der Waals surface area contributed by atoms with Crippen molar-refractivity contribution in [3.8, 4) is 0 Å². The zero-order chi connectivity index (χ0) is 20.6. The van der Waals surface area contributed by atoms with E-state index in [1.165, 1.54) is 0 Å². The van der Waals surface area contributed by atoms with Gasteiger partial charge < -0.3 is 9.47 Å². The number of nitrogens with one attached hydrogen (secondary N) is 1. The van der Waals surface area contributed by atoms with E-state index in [0.717, 1.165) is 11.6 Å². The summed E-state index contributed by atoms with van der Waals surface area (Å²) >= 11 is 0. The van der Waals surface area contributed by atoms with Crippen molar-refractivity contribution in [2.45, 2.75) is 33.0 Å². The first-order chi connectivity index (χ1) is 13.2. The smallest absolute Gasteiger partial charge is 0.412 e. The second-order valence-electron chi connectivity index (χ2n) is 6.98. The predicted octanol–water partition coefficient (Wildman–Crippen LogP) is 4.02. The first kappa shape index (κ1) is 20.9. The van der Waals surface area contributed by atoms with E-state index in [1.807, 2.05) is 18.2 Å². The average Bonchev–Trinajstić information content (AvgIpc) is 2.65. The van der Waals surface area contributed by atoms with Crippen molar-refractivity contribution in [3.05, 3.63) is 83.6 Å². The molecule has 0 spiro atoms. The maximum absolute atomic E-state index is 12.5. The molecule has 0 saturated carbocycles. The maximum Gasteiger partial charge on any atom is 0.412 e. The van der Waals surface area contributed by atoms with E-state index in [0.29, 0.717) is 5.56 Å². The van der Waals surface area contributed by atoms with Crippen molar-refractivity contribution < 1.29 is 23.9 Å². The van der Waals surface area contributed by atoms with E-state index < -0.39 is 23.4 Å². The number of carbonyl (C=O) groups is 3. The Morgan fingerprint density at radius 1 is 0.929 bits per heavy atom. The Balaban J connectivity index is 2.17. The van der Waals surface area contributed by atoms with Crippen LogP contribution in [0, 0.1) is 0 Å². The van der Waals surface area contributed by atoms with Gasteiger partial charge in [0, 0.05) is 11.6 Å². The first-order valence-electron chi connectivity index (χ1n) is 8.77. The fourth-order valence-electron chi connectivity index (χ4n) is 2.18. The highest BCUT2D eigenvalue weighted by Crippen LogP contribution is 2.10. The Morgan fingerprint density at radius 2 is 1.50 bits per heavy atom. The number of hydrogen-bond acceptors (Lipinski definition) is 5. The lowest BCUT2D eigenvalue weighted by molar-refractivity contribution is -0.140. The van der Waals surface area contributed by atoms with Gasteiger partial charge in [0.2, 0.25) is 0 Å². The van der Waals surface area contributed by atoms with E-state index >= 15 is 0 Å². The van der Waals surface area contributed by atoms with Crippen LogP contribution in [0.5, 0.6) is 0 Å². The molecule has 0 unspecified atom stereocenters. The molecular weight excluding hydrogens is 358 g/mol. The third-order valence-electron chi connectivity index (χ3n) is 3.40. The minimum absolute atomic E-state index is 0.00649. The number of hydrogen-bond donors (Lipinski definition) is 1. The van der Waals surface area contributed by atoms with Crippen LogP contribution in [0.15, 0.2) is 72.4 Å². The van der Waals surface area contributed by atoms with Crippen LogP contribution in [0.25, 0.3) is 0 Å². The molecule has 0 aromatic heterocycles. The van der Waals surface area contributed by atoms with Gasteiger partial charge in [-0.2, -0.15) is 0 Å². The zero-order valence-corrected chi connectivity index (χ0v) is 16.1. The lowest BCUT2D eigenvalue weighted by atomic mass is 10.1. The number of allylic oxidation sites excluding steroid dienone is 1. The quantitative estimate of drug-likeness (QED) is 0.464. The monoisotopic (exact) mass is 381 g/mol. The van der Waals surface area contributed by atoms with Gasteiger partial charge in [0.15, 0.2) is 5.78 Å². The van der Waals surface area contributed by atoms with Crippen LogP contribution in [-0.2, 0) is 20.9 Å². The third kappa shape index (κ3) is 7.07. The van der Waals surface area contributed by atoms with Gasteiger partial charge >= 0.3 is 12.1 Å². The van der Waals surface area contributed by atoms with E-state index in [9.17, 15) is 14.4 Å². The number of carbonyl (C=O) groups excluding carboxylic acids is 3. The van der Waals surface area contributed by atoms with Gasteiger partial charge in [-0.3, -0.25) is 10.1 Å². The normalized spacial score (nSPS) is 11.5. The third-order valence-corrected chi connectivity index (χ3v) is 3.40. The Kier molecular flexibility index (Phi) is 7.09. The summed E-state index contributed by atoms with van der Waals surface area (Å²) in [5, 5.41) is 2.31. The van der Waals surface area contributed by atoms with Gasteiger partial charge in [-0.15, -0.1) is 0 Å². The zero-order valence-electron chi connectivity index (χ0n) is 16.1. The summed E-state index contributed by atoms with van der Waals surface area (Å²) in [7, 11) is 0. The van der Waals surface area contributed by atoms with Crippen molar-refractivity contribution in [2.24, 2.45) is 0 Å². The number of amides is 1. The van der Waals surface area contributed by atoms with Gasteiger partial charge in [-0.25, -0.2) is 9.59 Å². The maximum atomic E-state index is 12.5. The molecule has 0 radical (unpaired) electrons. The minimum Gasteiger partial charge on any atom is -0.456 e. The first-order valence-corrected chi connectivity index (χ1v) is 8.77. The Morgan fingerprint density at radius 3 is 2.07 bits per heavy atom. The Bertz CT molecular complexity index is 852. The molecule has 0 fully saturated rings. The van der Waals surface area contributed by atoms with Crippen molar-refractivity contribution in [2.75, 3.05) is 0 Å². The molecule has 1 N–H and O–H groups in total. The predicted molar refractivity (Wildman–Crippen MR) is 104 cm³/mol. The molecule has 1 amide bonds. The summed E-state index contributed by atoms with van der Waals surface area (Å²) in [6.07, 6.45) is 0.184. The Labute approximate surface area is 164 Å². The summed E-state index contributed by atoms with van der Waals surface area (Å²) in [6.45, 7) is 5.09. The number of benzene rings is 2. The average molecular weight is 381 g/mol. The minimum atomic E-state index is -0.851. The molecule has 2 rings (SSSR count). The van der Waals surface area contributed by atoms with Gasteiger partial charge in [0.05, 0.1) is 0 Å². The van der Waals surface area contributed by atoms with E-state index in [2.05, 4.69) is 5.32 Å². The lowest BCUT2D eigenvalue weighted by Crippen LogP contribution is -2.35. The molecule has 0 heterocycles. The molecule has 0 aliphatic heterocycles. The summed E-state index contributed by atoms with van der Waals surface area (Å²) < 4.78 is 10.4. The topological polar surface area (TPSA) is 81.7 Å². The summed E-state index contributed by atoms with van der Waals surface area (Å²) in [4.78, 5) is 37.0. The van der Waals surface area contributed by atoms with Crippen LogP contribution < -0.4 is 5.32 Å². The van der Waals surface area contributed by atoms with Crippen molar-refractivity contribution in [1.82, 2.24) is 5.32 Å². The number of rotatable bonds is 6. The molecule has 0 bridgehead atoms. The molecule has 2 aromatic rings. The SMILES string of the molecule is CC(C)(C)OC(=O)N/C(=C\C(=O)c1ccccc1)C(=O)OCc1ccccc1. The summed E-state index contributed by atoms with van der Waals surface area (Å²) in [6, 6.07) is 17.5. The number of ether oxygens (including phenoxy) is 2. The summed E-state index contributed by atoms with van der Waals surface area (Å²) in [5.74, 6) is -1.28. The van der Waals surface area contributed by atoms with Crippen LogP contribution in [0.1, 0.15) is 36.7 Å². The highest BCUT2D eigenvalue weighted by molar-refractivity contribution is 6.09. The molecule has 0 aliphatic rings. The molecule has 6 heteroatoms. The number of alkyl carbamates (subject to hydrolysis) is 1. The molecule has 0 atom stereocenters. The highest BCUT2D eigenvalue weighted by atomic mass is 16.6. The molecule has 0 aliphatic carbocycles. The lowest BCUT2D eigenvalue weighted by Gasteiger charge is -2.20. The molecule has 28 heavy (non-hydrogen) atoms. The van der Waals surface area contributed by atoms with Crippen LogP contribution in [-0.4, -0.2) is 23.4 Å². The van der Waals surface area contributed by atoms with Crippen LogP contribution in [0.3, 0.4) is 0 Å². The number of esters is 1. The Hall–Kier alpha value is -3.41. The van der Waals surface area contributed by atoms with Gasteiger partial charge in [-0.05, 0) is 26.3 Å². The number of ketones is 1. The van der Waals surface area contributed by atoms with Crippen LogP contribution in [0.2, 0.25) is 0 Å². The molecule has 2 aromatic carbocycles. The molecule has 146 valence electrons. The van der Waals surface area contributed by atoms with E-state index in [1.54, 1.807) is 63.2 Å². The van der Waals surface area contributed by atoms with E-state index in [-0.39, 0.29) is 12.3 Å². The second kappa shape index (κ2) is 9.50. The van der Waals surface area contributed by atoms with Gasteiger partial charge in [0.1, 0.15) is 17.9 Å². The molecular formula is C22H23NO5.